The molecule has 0 aliphatic rings. The molecule has 0 fully saturated rings. The van der Waals surface area contributed by atoms with Gasteiger partial charge in [0.15, 0.2) is 5.65 Å². The maximum atomic E-state index is 13.7. The summed E-state index contributed by atoms with van der Waals surface area (Å²) in [5, 5.41) is 8.06. The van der Waals surface area contributed by atoms with E-state index < -0.39 is 0 Å². The van der Waals surface area contributed by atoms with Crippen LogP contribution in [-0.2, 0) is 0 Å². The molecular weight excluding hydrogens is 205 g/mol. The minimum Gasteiger partial charge on any atom is -0.286 e. The summed E-state index contributed by atoms with van der Waals surface area (Å²) in [6, 6.07) is 1.45. The van der Waals surface area contributed by atoms with Crippen LogP contribution in [0, 0.1) is 5.82 Å². The third kappa shape index (κ3) is 1.68. The summed E-state index contributed by atoms with van der Waals surface area (Å²) in [6.45, 7) is 8.05. The Morgan fingerprint density at radius 3 is 2.38 bits per heavy atom. The van der Waals surface area contributed by atoms with E-state index in [9.17, 15) is 4.39 Å². The Labute approximate surface area is 94.3 Å². The van der Waals surface area contributed by atoms with Crippen LogP contribution in [0.25, 0.3) is 5.65 Å². The number of halogens is 1. The summed E-state index contributed by atoms with van der Waals surface area (Å²) in [4.78, 5) is 0. The molecule has 0 amide bonds. The van der Waals surface area contributed by atoms with Crippen molar-refractivity contribution >= 4 is 5.65 Å². The average Bonchev–Trinajstić information content (AvgIpc) is 2.58. The first-order chi connectivity index (χ1) is 7.50. The lowest BCUT2D eigenvalue weighted by atomic mass is 10.1. The number of hydrogen-bond donors (Lipinski definition) is 0. The Morgan fingerprint density at radius 2 is 1.81 bits per heavy atom. The lowest BCUT2D eigenvalue weighted by Gasteiger charge is -2.09. The van der Waals surface area contributed by atoms with Gasteiger partial charge < -0.3 is 0 Å². The monoisotopic (exact) mass is 221 g/mol. The van der Waals surface area contributed by atoms with Crippen LogP contribution < -0.4 is 0 Å². The van der Waals surface area contributed by atoms with Crippen molar-refractivity contribution < 1.29 is 4.39 Å². The highest BCUT2D eigenvalue weighted by Crippen LogP contribution is 2.21. The number of aromatic nitrogens is 3. The fraction of sp³-hybridized carbons (Fsp3) is 0.500. The standard InChI is InChI=1S/C12H16FN3/c1-7(2)9-6-16-11(5-10(9)13)14-15-12(16)8(3)4/h5-8H,1-4H3. The second-order valence-electron chi connectivity index (χ2n) is 4.67. The smallest absolute Gasteiger partial charge is 0.163 e. The van der Waals surface area contributed by atoms with Gasteiger partial charge in [0.25, 0.3) is 0 Å². The fourth-order valence-electron chi connectivity index (χ4n) is 1.76. The zero-order valence-electron chi connectivity index (χ0n) is 10.0. The van der Waals surface area contributed by atoms with E-state index in [1.54, 1.807) is 0 Å². The minimum absolute atomic E-state index is 0.159. The predicted molar refractivity (Wildman–Crippen MR) is 61.1 cm³/mol. The topological polar surface area (TPSA) is 30.2 Å². The van der Waals surface area contributed by atoms with Crippen LogP contribution in [0.3, 0.4) is 0 Å². The van der Waals surface area contributed by atoms with Crippen LogP contribution in [0.5, 0.6) is 0 Å². The maximum Gasteiger partial charge on any atom is 0.163 e. The molecule has 0 spiro atoms. The summed E-state index contributed by atoms with van der Waals surface area (Å²) in [5.74, 6) is 1.11. The molecule has 0 saturated carbocycles. The van der Waals surface area contributed by atoms with E-state index in [1.165, 1.54) is 6.07 Å². The molecule has 0 aliphatic heterocycles. The van der Waals surface area contributed by atoms with Crippen molar-refractivity contribution in [2.45, 2.75) is 39.5 Å². The van der Waals surface area contributed by atoms with Crippen molar-refractivity contribution in [3.63, 3.8) is 0 Å². The summed E-state index contributed by atoms with van der Waals surface area (Å²) in [5.41, 5.74) is 1.28. The highest BCUT2D eigenvalue weighted by Gasteiger charge is 2.14. The van der Waals surface area contributed by atoms with E-state index in [4.69, 9.17) is 0 Å². The molecule has 0 saturated heterocycles. The van der Waals surface area contributed by atoms with E-state index in [0.717, 1.165) is 5.82 Å². The third-order valence-electron chi connectivity index (χ3n) is 2.69. The zero-order valence-corrected chi connectivity index (χ0v) is 10.0. The molecule has 3 nitrogen and oxygen atoms in total. The number of pyridine rings is 1. The molecule has 2 aromatic rings. The van der Waals surface area contributed by atoms with Crippen molar-refractivity contribution in [3.05, 3.63) is 29.5 Å². The highest BCUT2D eigenvalue weighted by atomic mass is 19.1. The van der Waals surface area contributed by atoms with E-state index in [1.807, 2.05) is 24.4 Å². The van der Waals surface area contributed by atoms with Gasteiger partial charge in [0.05, 0.1) is 0 Å². The van der Waals surface area contributed by atoms with E-state index in [2.05, 4.69) is 24.0 Å². The SMILES string of the molecule is CC(C)c1cn2c(C(C)C)nnc2cc1F. The molecule has 2 heterocycles. The highest BCUT2D eigenvalue weighted by molar-refractivity contribution is 5.41. The van der Waals surface area contributed by atoms with E-state index in [0.29, 0.717) is 11.2 Å². The first-order valence-electron chi connectivity index (χ1n) is 5.54. The van der Waals surface area contributed by atoms with Gasteiger partial charge in [0, 0.05) is 23.7 Å². The van der Waals surface area contributed by atoms with Crippen LogP contribution in [-0.4, -0.2) is 14.6 Å². The van der Waals surface area contributed by atoms with Crippen LogP contribution in [0.2, 0.25) is 0 Å². The Morgan fingerprint density at radius 1 is 1.12 bits per heavy atom. The Balaban J connectivity index is 2.69. The fourth-order valence-corrected chi connectivity index (χ4v) is 1.76. The molecule has 0 radical (unpaired) electrons. The third-order valence-corrected chi connectivity index (χ3v) is 2.69. The van der Waals surface area contributed by atoms with Gasteiger partial charge in [-0.25, -0.2) is 4.39 Å². The molecular formula is C12H16FN3. The average molecular weight is 221 g/mol. The lowest BCUT2D eigenvalue weighted by molar-refractivity contribution is 0.594. The lowest BCUT2D eigenvalue weighted by Crippen LogP contribution is -2.01. The van der Waals surface area contributed by atoms with Gasteiger partial charge in [-0.1, -0.05) is 27.7 Å². The van der Waals surface area contributed by atoms with Crippen LogP contribution in [0.4, 0.5) is 4.39 Å². The number of fused-ring (bicyclic) bond motifs is 1. The molecule has 86 valence electrons. The van der Waals surface area contributed by atoms with Crippen molar-refractivity contribution in [1.82, 2.24) is 14.6 Å². The summed E-state index contributed by atoms with van der Waals surface area (Å²) in [7, 11) is 0. The van der Waals surface area contributed by atoms with Crippen LogP contribution in [0.15, 0.2) is 12.3 Å². The Kier molecular flexibility index (Phi) is 2.66. The van der Waals surface area contributed by atoms with Crippen molar-refractivity contribution in [1.29, 1.82) is 0 Å². The van der Waals surface area contributed by atoms with Crippen LogP contribution in [0.1, 0.15) is 50.9 Å². The molecule has 0 aromatic carbocycles. The summed E-state index contributed by atoms with van der Waals surface area (Å²) >= 11 is 0. The number of rotatable bonds is 2. The van der Waals surface area contributed by atoms with Crippen LogP contribution >= 0.6 is 0 Å². The second-order valence-corrected chi connectivity index (χ2v) is 4.67. The molecule has 2 rings (SSSR count). The van der Waals surface area contributed by atoms with Gasteiger partial charge in [-0.15, -0.1) is 10.2 Å². The molecule has 2 aromatic heterocycles. The maximum absolute atomic E-state index is 13.7. The molecule has 0 aliphatic carbocycles. The molecule has 0 N–H and O–H groups in total. The first-order valence-corrected chi connectivity index (χ1v) is 5.54. The molecule has 0 bridgehead atoms. The normalized spacial score (nSPS) is 11.9. The predicted octanol–water partition coefficient (Wildman–Crippen LogP) is 3.12. The van der Waals surface area contributed by atoms with Gasteiger partial charge in [0.2, 0.25) is 0 Å². The van der Waals surface area contributed by atoms with Crippen molar-refractivity contribution in [2.75, 3.05) is 0 Å². The number of hydrogen-bond acceptors (Lipinski definition) is 2. The zero-order chi connectivity index (χ0) is 11.9. The second kappa shape index (κ2) is 3.85. The molecule has 4 heteroatoms. The van der Waals surface area contributed by atoms with Gasteiger partial charge in [0.1, 0.15) is 11.6 Å². The Bertz CT molecular complexity index is 514. The minimum atomic E-state index is -0.204. The van der Waals surface area contributed by atoms with Gasteiger partial charge in [-0.3, -0.25) is 4.40 Å². The van der Waals surface area contributed by atoms with E-state index >= 15 is 0 Å². The molecule has 0 atom stereocenters. The van der Waals surface area contributed by atoms with E-state index in [-0.39, 0.29) is 17.7 Å². The van der Waals surface area contributed by atoms with Gasteiger partial charge >= 0.3 is 0 Å². The van der Waals surface area contributed by atoms with Crippen molar-refractivity contribution in [2.24, 2.45) is 0 Å². The Hall–Kier alpha value is -1.45. The van der Waals surface area contributed by atoms with Gasteiger partial charge in [-0.2, -0.15) is 0 Å². The largest absolute Gasteiger partial charge is 0.286 e. The van der Waals surface area contributed by atoms with Crippen molar-refractivity contribution in [3.8, 4) is 0 Å². The number of nitrogens with zero attached hydrogens (tertiary/aromatic N) is 3. The summed E-state index contributed by atoms with van der Waals surface area (Å²) < 4.78 is 15.6. The molecule has 0 unspecified atom stereocenters. The quantitative estimate of drug-likeness (QED) is 0.780. The first kappa shape index (κ1) is 11.0. The summed E-state index contributed by atoms with van der Waals surface area (Å²) in [6.07, 6.45) is 1.81. The van der Waals surface area contributed by atoms with Gasteiger partial charge in [-0.05, 0) is 5.92 Å². The molecule has 16 heavy (non-hydrogen) atoms.